The van der Waals surface area contributed by atoms with Crippen LogP contribution < -0.4 is 5.73 Å². The van der Waals surface area contributed by atoms with Gasteiger partial charge in [0.1, 0.15) is 12.2 Å². The lowest BCUT2D eigenvalue weighted by atomic mass is 9.90. The van der Waals surface area contributed by atoms with Crippen molar-refractivity contribution < 1.29 is 28.2 Å². The zero-order valence-electron chi connectivity index (χ0n) is 109. The van der Waals surface area contributed by atoms with Crippen molar-refractivity contribution in [1.82, 2.24) is 59.3 Å². The third-order valence-corrected chi connectivity index (χ3v) is 24.0. The van der Waals surface area contributed by atoms with Crippen LogP contribution in [0.25, 0.3) is 0 Å². The van der Waals surface area contributed by atoms with E-state index in [1.807, 2.05) is 62.3 Å². The highest BCUT2D eigenvalue weighted by Crippen LogP contribution is 2.28. The second kappa shape index (κ2) is 78.7. The van der Waals surface area contributed by atoms with Crippen molar-refractivity contribution in [2.24, 2.45) is 38.2 Å². The number of ether oxygens (including phenoxy) is 1. The third-order valence-electron chi connectivity index (χ3n) is 24.0. The molecular formula is C121H269F2N13O4. The van der Waals surface area contributed by atoms with Crippen LogP contribution in [-0.4, -0.2) is 263 Å². The molecule has 856 valence electrons. The fourth-order valence-corrected chi connectivity index (χ4v) is 13.9. The molecule has 0 amide bonds. The lowest BCUT2D eigenvalue weighted by Crippen LogP contribution is -2.49. The Kier molecular flexibility index (Phi) is 91.4. The molecule has 140 heavy (non-hydrogen) atoms. The van der Waals surface area contributed by atoms with Gasteiger partial charge in [-0.1, -0.05) is 192 Å². The summed E-state index contributed by atoms with van der Waals surface area (Å²) in [6, 6.07) is 2.57. The number of likely N-dealkylation sites (tertiary alicyclic amines) is 3. The summed E-state index contributed by atoms with van der Waals surface area (Å²) in [6.07, 6.45) is 19.8. The zero-order chi connectivity index (χ0) is 115. The molecule has 3 saturated heterocycles. The third kappa shape index (κ3) is 128. The first-order valence-electron chi connectivity index (χ1n) is 55.6. The summed E-state index contributed by atoms with van der Waals surface area (Å²) in [6.45, 7) is 149. The average molecular weight is 2010 g/mol. The van der Waals surface area contributed by atoms with Crippen LogP contribution in [0, 0.1) is 32.5 Å². The second-order valence-corrected chi connectivity index (χ2v) is 57.8. The van der Waals surface area contributed by atoms with Crippen LogP contribution in [0.4, 0.5) is 8.78 Å². The number of piperidine rings is 2. The number of hydrogen-bond donors (Lipinski definition) is 3. The number of nitrogens with one attached hydrogen (secondary N) is 1. The topological polar surface area (TPSA) is 160 Å². The molecule has 0 atom stereocenters. The number of hydrogen-bond acceptors (Lipinski definition) is 15. The molecule has 19 heteroatoms. The van der Waals surface area contributed by atoms with Gasteiger partial charge in [0.25, 0.3) is 0 Å². The lowest BCUT2D eigenvalue weighted by Gasteiger charge is -2.42. The number of nitrogens with two attached hydrogens (primary N) is 1. The molecule has 1 aromatic heterocycles. The number of alkyl halides is 2. The van der Waals surface area contributed by atoms with Crippen LogP contribution in [0.2, 0.25) is 0 Å². The molecule has 0 aromatic carbocycles. The molecule has 3 fully saturated rings. The molecular weight excluding hydrogens is 1740 g/mol. The Morgan fingerprint density at radius 1 is 0.400 bits per heavy atom. The fraction of sp³-hybridized carbons (Fsp3) is 0.967. The summed E-state index contributed by atoms with van der Waals surface area (Å²) >= 11 is 0. The van der Waals surface area contributed by atoms with E-state index in [1.165, 1.54) is 117 Å². The SMILES string of the molecule is CC(C)(C)CCC(=O)O.CC(C)(C)CCC(F)F.CC(C)(C)CCc1ncn[nH]1.CC(C)(C)N.CC(C)(C)N1CCCC1.CC(C)(C)N1CCCCC1.CC(C)(C)N1CCCCC1.CC(C)N(C(C)C)C(C)(C)C.CC(C)N(C)C(C)(C)C.CCC(C)(C)C.CCCC(C)(C)C.CCN(C(C)C)C(C)(C)C.CCN(C)C(C)(C)C.CCN(CC)C(C)(C)C.CN(C)C(C)(C)C.COC(=O)CCC(C)(C)C. The van der Waals surface area contributed by atoms with Crippen molar-refractivity contribution in [2.75, 3.05) is 101 Å². The average Bonchev–Trinajstić information content (AvgIpc) is 1.11. The van der Waals surface area contributed by atoms with Gasteiger partial charge in [-0.25, -0.2) is 13.8 Å². The number of halogens is 2. The summed E-state index contributed by atoms with van der Waals surface area (Å²) in [5.74, 6) is 0.166. The van der Waals surface area contributed by atoms with Gasteiger partial charge in [-0.05, 0) is 460 Å². The smallest absolute Gasteiger partial charge is 0.305 e. The van der Waals surface area contributed by atoms with Crippen molar-refractivity contribution >= 4 is 11.9 Å². The first-order chi connectivity index (χ1) is 61.8. The van der Waals surface area contributed by atoms with Crippen molar-refractivity contribution in [3.05, 3.63) is 12.2 Å². The Bertz CT molecular complexity index is 2800. The van der Waals surface area contributed by atoms with Crippen LogP contribution in [-0.2, 0) is 20.7 Å². The van der Waals surface area contributed by atoms with E-state index in [0.29, 0.717) is 103 Å². The molecule has 4 N–H and O–H groups in total. The summed E-state index contributed by atoms with van der Waals surface area (Å²) in [5.41, 5.74) is 10.4. The minimum atomic E-state index is -2.13. The number of aryl methyl sites for hydroxylation is 1. The summed E-state index contributed by atoms with van der Waals surface area (Å²) in [7, 11) is 9.88. The molecule has 0 radical (unpaired) electrons. The number of carboxylic acids is 1. The van der Waals surface area contributed by atoms with E-state index < -0.39 is 12.4 Å². The second-order valence-electron chi connectivity index (χ2n) is 57.8. The quantitative estimate of drug-likeness (QED) is 0.126. The molecule has 3 aliphatic rings. The van der Waals surface area contributed by atoms with Crippen LogP contribution in [0.3, 0.4) is 0 Å². The van der Waals surface area contributed by atoms with E-state index in [4.69, 9.17) is 10.8 Å². The highest BCUT2D eigenvalue weighted by atomic mass is 19.3. The maximum Gasteiger partial charge on any atom is 0.305 e. The Hall–Kier alpha value is -2.46. The highest BCUT2D eigenvalue weighted by molar-refractivity contribution is 5.69. The number of aliphatic carboxylic acids is 1. The Labute approximate surface area is 882 Å². The van der Waals surface area contributed by atoms with E-state index in [1.54, 1.807) is 6.33 Å². The summed E-state index contributed by atoms with van der Waals surface area (Å²) < 4.78 is 27.6. The van der Waals surface area contributed by atoms with Crippen LogP contribution >= 0.6 is 0 Å². The molecule has 3 aliphatic heterocycles. The van der Waals surface area contributed by atoms with Gasteiger partial charge in [-0.15, -0.1) is 0 Å². The molecule has 17 nitrogen and oxygen atoms in total. The Morgan fingerprint density at radius 3 is 0.800 bits per heavy atom. The summed E-state index contributed by atoms with van der Waals surface area (Å²) in [4.78, 5) is 46.7. The predicted octanol–water partition coefficient (Wildman–Crippen LogP) is 33.9. The van der Waals surface area contributed by atoms with Gasteiger partial charge in [-0.2, -0.15) is 5.10 Å². The number of methoxy groups -OCH3 is 1. The highest BCUT2D eigenvalue weighted by Gasteiger charge is 2.29. The van der Waals surface area contributed by atoms with Crippen molar-refractivity contribution in [3.8, 4) is 0 Å². The molecule has 1 aromatic rings. The van der Waals surface area contributed by atoms with Gasteiger partial charge in [0, 0.05) is 105 Å². The van der Waals surface area contributed by atoms with Gasteiger partial charge in [0.05, 0.1) is 7.11 Å². The van der Waals surface area contributed by atoms with Gasteiger partial charge >= 0.3 is 11.9 Å². The predicted molar refractivity (Wildman–Crippen MR) is 631 cm³/mol. The monoisotopic (exact) mass is 2010 g/mol. The Balaban J connectivity index is -0.000000125. The minimum absolute atomic E-state index is 0. The van der Waals surface area contributed by atoms with Gasteiger partial charge in [-0.3, -0.25) is 49.0 Å². The van der Waals surface area contributed by atoms with Crippen molar-refractivity contribution in [3.63, 3.8) is 0 Å². The van der Waals surface area contributed by atoms with Crippen LogP contribution in [0.5, 0.6) is 0 Å². The number of carbonyl (C=O) groups is 2. The minimum Gasteiger partial charge on any atom is -0.481 e. The first-order valence-corrected chi connectivity index (χ1v) is 55.6. The van der Waals surface area contributed by atoms with Crippen molar-refractivity contribution in [2.45, 2.75) is 637 Å². The fourth-order valence-electron chi connectivity index (χ4n) is 13.9. The molecule has 0 bridgehead atoms. The van der Waals surface area contributed by atoms with E-state index in [9.17, 15) is 18.4 Å². The first kappa shape index (κ1) is 163. The number of carboxylic acid groups (broad SMARTS) is 1. The van der Waals surface area contributed by atoms with Crippen LogP contribution in [0.1, 0.15) is 551 Å². The Morgan fingerprint density at radius 2 is 0.700 bits per heavy atom. The molecule has 4 heterocycles. The molecule has 0 saturated carbocycles. The normalized spacial score (nSPS) is 14.7. The number of H-pyrrole nitrogens is 1. The van der Waals surface area contributed by atoms with Gasteiger partial charge in [0.15, 0.2) is 0 Å². The standard InChI is InChI=1S/C10H23N.2C9H19N.C9H21N.C8H15N3.C8H17N.2C8H19N.C8H16O2.C7H14F2.C7H17N.C7H14O2.C7H16.C6H15N.C6H14.C4H11N/c1-8(2)11(9(3)4)10(5,6)7;2*1-9(2,3)10-7-5-4-6-8-10;1-7-10(8(2)3)9(4,5)6;1-8(2,3)5-4-7-9-6-10-11-7;1-8(2,3)9-6-4-5-7-9;1-7(2)9(6)8(3,4)5;1-6-9(7-2)8(3,4)5;1-8(2,3)6-5-7(9)10-4;1-7(2,3)5-4-6(8)9;1-6-8(5)7(2,3)4;1-7(2,3)5-4-6(8)9;1-5-6-7(2,3)4;1-6(2,3)7(4)5;1-5-6(2,3)4;1-4(2,3)5/h8-9H,1-7H3;2*4-8H2,1-3H3;8H,7H2,1-6H3;6H,4-5H2,1-3H3,(H,9,10,11);4-7H2,1-3H3;7H,1-6H3;6-7H2,1-5H3;5-6H2,1-4H3;6H,4-5H2,1-3H3;6H2,1-5H3;4-5H2,1-3H3,(H,8,9);5-6H2,1-4H3;1-5H3;5H2,1-4H3;5H2,1-3H3. The van der Waals surface area contributed by atoms with Crippen molar-refractivity contribution in [1.29, 1.82) is 0 Å². The number of esters is 1. The largest absolute Gasteiger partial charge is 0.481 e. The number of carbonyl (C=O) groups excluding carboxylic acids is 1. The van der Waals surface area contributed by atoms with Crippen LogP contribution in [0.15, 0.2) is 6.33 Å². The number of aromatic amines is 1. The zero-order valence-corrected chi connectivity index (χ0v) is 109. The van der Waals surface area contributed by atoms with E-state index in [2.05, 4.69) is 459 Å². The lowest BCUT2D eigenvalue weighted by molar-refractivity contribution is -0.141. The van der Waals surface area contributed by atoms with Gasteiger partial charge in [0.2, 0.25) is 6.43 Å². The van der Waals surface area contributed by atoms with E-state index in [0.717, 1.165) is 57.7 Å². The number of nitrogens with zero attached hydrogens (tertiary/aromatic N) is 11. The number of aromatic nitrogens is 3. The maximum absolute atomic E-state index is 11.6. The van der Waals surface area contributed by atoms with E-state index >= 15 is 0 Å². The van der Waals surface area contributed by atoms with E-state index in [-0.39, 0.29) is 40.6 Å². The maximum atomic E-state index is 11.6. The molecule has 0 spiro atoms. The molecule has 0 unspecified atom stereocenters. The van der Waals surface area contributed by atoms with Gasteiger partial charge < -0.3 is 25.4 Å². The molecule has 4 rings (SSSR count). The number of rotatable bonds is 17. The molecule has 0 aliphatic carbocycles. The summed E-state index contributed by atoms with van der Waals surface area (Å²) in [5, 5.41) is 14.9.